The van der Waals surface area contributed by atoms with E-state index in [1.54, 1.807) is 0 Å². The van der Waals surface area contributed by atoms with Gasteiger partial charge in [-0.25, -0.2) is 0 Å². The first-order valence-corrected chi connectivity index (χ1v) is 5.93. The van der Waals surface area contributed by atoms with Crippen molar-refractivity contribution in [1.82, 2.24) is 5.32 Å². The van der Waals surface area contributed by atoms with Crippen LogP contribution in [-0.2, 0) is 4.74 Å². The second-order valence-electron chi connectivity index (χ2n) is 3.85. The molecule has 2 aliphatic heterocycles. The molecule has 2 rings (SSSR count). The molecule has 12 heavy (non-hydrogen) atoms. The summed E-state index contributed by atoms with van der Waals surface area (Å²) < 4.78 is 6.04. The average Bonchev–Trinajstić information content (AvgIpc) is 2.05. The van der Waals surface area contributed by atoms with Crippen molar-refractivity contribution in [2.24, 2.45) is 0 Å². The van der Waals surface area contributed by atoms with Gasteiger partial charge in [-0.3, -0.25) is 0 Å². The van der Waals surface area contributed by atoms with Gasteiger partial charge in [-0.15, -0.1) is 0 Å². The van der Waals surface area contributed by atoms with E-state index in [0.717, 1.165) is 13.1 Å². The quantitative estimate of drug-likeness (QED) is 0.617. The Bertz CT molecular complexity index is 151. The maximum Gasteiger partial charge on any atom is 0.0826 e. The second-order valence-corrected chi connectivity index (χ2v) is 5.08. The van der Waals surface area contributed by atoms with Gasteiger partial charge in [-0.1, -0.05) is 0 Å². The van der Waals surface area contributed by atoms with Crippen molar-refractivity contribution in [2.45, 2.75) is 31.5 Å². The zero-order valence-corrected chi connectivity index (χ0v) is 8.45. The molecule has 0 aromatic heterocycles. The van der Waals surface area contributed by atoms with E-state index in [1.807, 2.05) is 0 Å². The number of nitrogens with one attached hydrogen (secondary N) is 1. The molecule has 0 aromatic carbocycles. The maximum absolute atomic E-state index is 6.04. The minimum atomic E-state index is 0.197. The first kappa shape index (κ1) is 8.85. The standard InChI is InChI=1S/C9H17NOS/c1-8-6-10-7-9(11-8)2-4-12-5-3-9/h8,10H,2-7H2,1H3. The molecule has 0 bridgehead atoms. The summed E-state index contributed by atoms with van der Waals surface area (Å²) in [5, 5.41) is 3.46. The maximum atomic E-state index is 6.04. The Balaban J connectivity index is 1.97. The molecule has 2 saturated heterocycles. The molecular formula is C9H17NOS. The third-order valence-electron chi connectivity index (χ3n) is 2.73. The van der Waals surface area contributed by atoms with E-state index >= 15 is 0 Å². The molecule has 0 aliphatic carbocycles. The number of hydrogen-bond donors (Lipinski definition) is 1. The lowest BCUT2D eigenvalue weighted by molar-refractivity contribution is -0.112. The predicted molar refractivity (Wildman–Crippen MR) is 52.7 cm³/mol. The smallest absolute Gasteiger partial charge is 0.0826 e. The van der Waals surface area contributed by atoms with Gasteiger partial charge >= 0.3 is 0 Å². The van der Waals surface area contributed by atoms with Gasteiger partial charge in [-0.05, 0) is 31.3 Å². The Hall–Kier alpha value is 0.270. The van der Waals surface area contributed by atoms with Crippen LogP contribution >= 0.6 is 11.8 Å². The minimum absolute atomic E-state index is 0.197. The molecule has 2 nitrogen and oxygen atoms in total. The van der Waals surface area contributed by atoms with Crippen LogP contribution in [0.1, 0.15) is 19.8 Å². The van der Waals surface area contributed by atoms with Crippen LogP contribution < -0.4 is 5.32 Å². The number of rotatable bonds is 0. The number of ether oxygens (including phenoxy) is 1. The van der Waals surface area contributed by atoms with E-state index in [0.29, 0.717) is 6.10 Å². The molecule has 2 aliphatic rings. The van der Waals surface area contributed by atoms with E-state index in [-0.39, 0.29) is 5.60 Å². The fraction of sp³-hybridized carbons (Fsp3) is 1.00. The summed E-state index contributed by atoms with van der Waals surface area (Å²) in [6.07, 6.45) is 2.87. The van der Waals surface area contributed by atoms with Crippen molar-refractivity contribution in [1.29, 1.82) is 0 Å². The van der Waals surface area contributed by atoms with Crippen molar-refractivity contribution in [3.05, 3.63) is 0 Å². The topological polar surface area (TPSA) is 21.3 Å². The Kier molecular flexibility index (Phi) is 2.63. The Morgan fingerprint density at radius 3 is 2.83 bits per heavy atom. The van der Waals surface area contributed by atoms with E-state index in [1.165, 1.54) is 24.3 Å². The Morgan fingerprint density at radius 1 is 1.42 bits per heavy atom. The molecule has 0 amide bonds. The molecule has 1 spiro atoms. The van der Waals surface area contributed by atoms with Gasteiger partial charge in [0.15, 0.2) is 0 Å². The SMILES string of the molecule is CC1CNCC2(CCSCC2)O1. The number of morpholine rings is 1. The van der Waals surface area contributed by atoms with E-state index in [9.17, 15) is 0 Å². The number of thioether (sulfide) groups is 1. The molecule has 1 N–H and O–H groups in total. The third-order valence-corrected chi connectivity index (χ3v) is 3.72. The molecule has 2 heterocycles. The second kappa shape index (κ2) is 3.56. The Labute approximate surface area is 78.4 Å². The zero-order chi connectivity index (χ0) is 8.44. The highest BCUT2D eigenvalue weighted by Crippen LogP contribution is 2.32. The highest BCUT2D eigenvalue weighted by Gasteiger charge is 2.36. The number of hydrogen-bond acceptors (Lipinski definition) is 3. The lowest BCUT2D eigenvalue weighted by Gasteiger charge is -2.43. The van der Waals surface area contributed by atoms with E-state index in [4.69, 9.17) is 4.74 Å². The monoisotopic (exact) mass is 187 g/mol. The van der Waals surface area contributed by atoms with Crippen molar-refractivity contribution in [3.63, 3.8) is 0 Å². The fourth-order valence-electron chi connectivity index (χ4n) is 2.05. The van der Waals surface area contributed by atoms with Gasteiger partial charge in [-0.2, -0.15) is 11.8 Å². The highest BCUT2D eigenvalue weighted by molar-refractivity contribution is 7.99. The summed E-state index contributed by atoms with van der Waals surface area (Å²) in [5.74, 6) is 2.54. The van der Waals surface area contributed by atoms with Crippen molar-refractivity contribution < 1.29 is 4.74 Å². The van der Waals surface area contributed by atoms with Gasteiger partial charge in [0, 0.05) is 13.1 Å². The van der Waals surface area contributed by atoms with E-state index < -0.39 is 0 Å². The summed E-state index contributed by atoms with van der Waals surface area (Å²) in [6, 6.07) is 0. The summed E-state index contributed by atoms with van der Waals surface area (Å²) in [4.78, 5) is 0. The summed E-state index contributed by atoms with van der Waals surface area (Å²) >= 11 is 2.06. The predicted octanol–water partition coefficient (Wildman–Crippen LogP) is 1.26. The highest BCUT2D eigenvalue weighted by atomic mass is 32.2. The molecule has 1 unspecified atom stereocenters. The summed E-state index contributed by atoms with van der Waals surface area (Å²) in [6.45, 7) is 4.25. The average molecular weight is 187 g/mol. The lowest BCUT2D eigenvalue weighted by Crippen LogP contribution is -2.54. The first-order valence-electron chi connectivity index (χ1n) is 4.77. The normalized spacial score (nSPS) is 35.2. The lowest BCUT2D eigenvalue weighted by atomic mass is 9.94. The molecule has 1 atom stereocenters. The van der Waals surface area contributed by atoms with Crippen LogP contribution in [0.4, 0.5) is 0 Å². The van der Waals surface area contributed by atoms with Crippen LogP contribution in [0.15, 0.2) is 0 Å². The molecular weight excluding hydrogens is 170 g/mol. The van der Waals surface area contributed by atoms with E-state index in [2.05, 4.69) is 24.0 Å². The van der Waals surface area contributed by atoms with Crippen molar-refractivity contribution in [2.75, 3.05) is 24.6 Å². The molecule has 70 valence electrons. The fourth-order valence-corrected chi connectivity index (χ4v) is 3.29. The van der Waals surface area contributed by atoms with Crippen LogP contribution in [0, 0.1) is 0 Å². The third kappa shape index (κ3) is 1.78. The van der Waals surface area contributed by atoms with Gasteiger partial charge in [0.25, 0.3) is 0 Å². The summed E-state index contributed by atoms with van der Waals surface area (Å²) in [7, 11) is 0. The molecule has 3 heteroatoms. The van der Waals surface area contributed by atoms with Gasteiger partial charge in [0.05, 0.1) is 11.7 Å². The largest absolute Gasteiger partial charge is 0.369 e. The Morgan fingerprint density at radius 2 is 2.17 bits per heavy atom. The van der Waals surface area contributed by atoms with Crippen LogP contribution in [0.25, 0.3) is 0 Å². The van der Waals surface area contributed by atoms with Crippen LogP contribution in [-0.4, -0.2) is 36.3 Å². The molecule has 0 aromatic rings. The van der Waals surface area contributed by atoms with Gasteiger partial charge < -0.3 is 10.1 Å². The van der Waals surface area contributed by atoms with Crippen LogP contribution in [0.3, 0.4) is 0 Å². The van der Waals surface area contributed by atoms with Gasteiger partial charge in [0.2, 0.25) is 0 Å². The minimum Gasteiger partial charge on any atom is -0.369 e. The van der Waals surface area contributed by atoms with Crippen LogP contribution in [0.2, 0.25) is 0 Å². The van der Waals surface area contributed by atoms with Gasteiger partial charge in [0.1, 0.15) is 0 Å². The van der Waals surface area contributed by atoms with Crippen molar-refractivity contribution >= 4 is 11.8 Å². The first-order chi connectivity index (χ1) is 5.81. The summed E-state index contributed by atoms with van der Waals surface area (Å²) in [5.41, 5.74) is 0.197. The molecule has 2 fully saturated rings. The van der Waals surface area contributed by atoms with Crippen molar-refractivity contribution in [3.8, 4) is 0 Å². The zero-order valence-electron chi connectivity index (χ0n) is 7.64. The molecule has 0 saturated carbocycles. The van der Waals surface area contributed by atoms with Crippen LogP contribution in [0.5, 0.6) is 0 Å². The molecule has 0 radical (unpaired) electrons.